The second kappa shape index (κ2) is 8.40. The molecule has 3 rings (SSSR count). The maximum absolute atomic E-state index is 12.7. The molecular weight excluding hydrogens is 450 g/mol. The predicted molar refractivity (Wildman–Crippen MR) is 107 cm³/mol. The summed E-state index contributed by atoms with van der Waals surface area (Å²) in [6, 6.07) is 10.6. The van der Waals surface area contributed by atoms with E-state index in [1.165, 1.54) is 18.2 Å². The molecule has 0 atom stereocenters. The van der Waals surface area contributed by atoms with E-state index < -0.39 is 17.6 Å². The number of carbonyl (C=O) groups excluding carboxylic acids is 1. The minimum absolute atomic E-state index is 0.0147. The quantitative estimate of drug-likeness (QED) is 0.484. The van der Waals surface area contributed by atoms with Crippen molar-refractivity contribution in [2.45, 2.75) is 6.18 Å². The molecule has 0 spiro atoms. The summed E-state index contributed by atoms with van der Waals surface area (Å²) in [5, 5.41) is 8.82. The lowest BCUT2D eigenvalue weighted by molar-refractivity contribution is -0.137. The Balaban J connectivity index is 1.72. The average Bonchev–Trinajstić information content (AvgIpc) is 3.01. The van der Waals surface area contributed by atoms with E-state index in [9.17, 15) is 18.0 Å². The Bertz CT molecular complexity index is 1070. The molecule has 0 fully saturated rings. The molecule has 1 aromatic heterocycles. The minimum Gasteiger partial charge on any atom is -0.336 e. The number of alkyl halides is 3. The number of hydrogen-bond acceptors (Lipinski definition) is 4. The van der Waals surface area contributed by atoms with E-state index in [2.05, 4.69) is 15.8 Å². The van der Waals surface area contributed by atoms with E-state index in [-0.39, 0.29) is 32.3 Å². The highest BCUT2D eigenvalue weighted by Crippen LogP contribution is 2.35. The molecule has 0 bridgehead atoms. The first-order valence-electron chi connectivity index (χ1n) is 7.86. The van der Waals surface area contributed by atoms with Crippen LogP contribution in [0.4, 0.5) is 19.1 Å². The molecule has 3 aromatic rings. The van der Waals surface area contributed by atoms with Gasteiger partial charge in [0, 0.05) is 5.56 Å². The largest absolute Gasteiger partial charge is 0.416 e. The van der Waals surface area contributed by atoms with Crippen molar-refractivity contribution in [2.75, 3.05) is 5.32 Å². The van der Waals surface area contributed by atoms with Crippen LogP contribution in [0.1, 0.15) is 15.9 Å². The van der Waals surface area contributed by atoms with Crippen LogP contribution in [0, 0.1) is 0 Å². The number of nitrogens with one attached hydrogen (secondary N) is 2. The van der Waals surface area contributed by atoms with Gasteiger partial charge in [-0.25, -0.2) is 0 Å². The molecule has 2 N–H and O–H groups in total. The lowest BCUT2D eigenvalue weighted by atomic mass is 10.1. The Hall–Kier alpha value is -2.62. The molecule has 0 aliphatic heterocycles. The minimum atomic E-state index is -4.45. The molecule has 5 nitrogen and oxygen atoms in total. The molecule has 150 valence electrons. The summed E-state index contributed by atoms with van der Waals surface area (Å²) in [7, 11) is 0. The van der Waals surface area contributed by atoms with E-state index in [0.717, 1.165) is 12.1 Å². The predicted octanol–water partition coefficient (Wildman–Crippen LogP) is 5.79. The first kappa shape index (κ1) is 21.1. The number of benzene rings is 2. The molecule has 0 saturated carbocycles. The summed E-state index contributed by atoms with van der Waals surface area (Å²) >= 11 is 17.2. The summed E-state index contributed by atoms with van der Waals surface area (Å²) < 4.78 is 43.1. The lowest BCUT2D eigenvalue weighted by Crippen LogP contribution is -2.34. The van der Waals surface area contributed by atoms with Crippen molar-refractivity contribution < 1.29 is 22.5 Å². The van der Waals surface area contributed by atoms with E-state index >= 15 is 0 Å². The Labute approximate surface area is 177 Å². The molecule has 1 heterocycles. The molecule has 29 heavy (non-hydrogen) atoms. The fourth-order valence-corrected chi connectivity index (χ4v) is 2.94. The van der Waals surface area contributed by atoms with Gasteiger partial charge in [-0.3, -0.25) is 15.4 Å². The molecule has 0 unspecified atom stereocenters. The number of rotatable bonds is 3. The number of amides is 1. The molecule has 2 aromatic carbocycles. The van der Waals surface area contributed by atoms with Crippen LogP contribution >= 0.6 is 35.4 Å². The lowest BCUT2D eigenvalue weighted by Gasteiger charge is -2.08. The summed E-state index contributed by atoms with van der Waals surface area (Å²) in [5.74, 6) is -0.627. The van der Waals surface area contributed by atoms with Crippen molar-refractivity contribution in [3.63, 3.8) is 0 Å². The number of nitrogens with zero attached hydrogens (tertiary/aromatic N) is 1. The van der Waals surface area contributed by atoms with Crippen molar-refractivity contribution >= 4 is 52.3 Å². The Morgan fingerprint density at radius 2 is 1.72 bits per heavy atom. The van der Waals surface area contributed by atoms with Gasteiger partial charge in [0.2, 0.25) is 5.88 Å². The number of halogens is 5. The average molecular weight is 460 g/mol. The van der Waals surface area contributed by atoms with Crippen molar-refractivity contribution in [1.29, 1.82) is 0 Å². The van der Waals surface area contributed by atoms with Gasteiger partial charge in [-0.15, -0.1) is 0 Å². The number of carbonyl (C=O) groups is 1. The highest BCUT2D eigenvalue weighted by atomic mass is 35.5. The van der Waals surface area contributed by atoms with Gasteiger partial charge in [-0.2, -0.15) is 13.2 Å². The highest BCUT2D eigenvalue weighted by molar-refractivity contribution is 7.80. The topological polar surface area (TPSA) is 67.2 Å². The first-order chi connectivity index (χ1) is 13.7. The Morgan fingerprint density at radius 1 is 1.07 bits per heavy atom. The van der Waals surface area contributed by atoms with Gasteiger partial charge < -0.3 is 4.52 Å². The van der Waals surface area contributed by atoms with Crippen molar-refractivity contribution in [3.8, 4) is 11.3 Å². The van der Waals surface area contributed by atoms with Crippen LogP contribution in [0.2, 0.25) is 10.0 Å². The Morgan fingerprint density at radius 3 is 2.34 bits per heavy atom. The van der Waals surface area contributed by atoms with E-state index in [1.54, 1.807) is 18.2 Å². The SMILES string of the molecule is O=C(NC(=S)Nc1onc(-c2ccc(C(F)(F)F)cc2)c1Cl)c1ccccc1Cl. The van der Waals surface area contributed by atoms with Gasteiger partial charge in [-0.05, 0) is 36.5 Å². The first-order valence-corrected chi connectivity index (χ1v) is 9.03. The van der Waals surface area contributed by atoms with Crippen LogP contribution in [0.15, 0.2) is 53.1 Å². The van der Waals surface area contributed by atoms with Gasteiger partial charge in [-0.1, -0.05) is 52.6 Å². The third-order valence-electron chi connectivity index (χ3n) is 3.69. The molecule has 0 aliphatic carbocycles. The maximum Gasteiger partial charge on any atom is 0.416 e. The summed E-state index contributed by atoms with van der Waals surface area (Å²) in [4.78, 5) is 12.2. The third kappa shape index (κ3) is 4.87. The fourth-order valence-electron chi connectivity index (χ4n) is 2.30. The summed E-state index contributed by atoms with van der Waals surface area (Å²) in [6.07, 6.45) is -4.45. The fraction of sp³-hybridized carbons (Fsp3) is 0.0556. The Kier molecular flexibility index (Phi) is 6.11. The van der Waals surface area contributed by atoms with Crippen molar-refractivity contribution in [2.24, 2.45) is 0 Å². The maximum atomic E-state index is 12.7. The van der Waals surface area contributed by atoms with Gasteiger partial charge in [0.25, 0.3) is 5.91 Å². The van der Waals surface area contributed by atoms with Crippen LogP contribution in [0.3, 0.4) is 0 Å². The van der Waals surface area contributed by atoms with Crippen molar-refractivity contribution in [1.82, 2.24) is 10.5 Å². The smallest absolute Gasteiger partial charge is 0.336 e. The van der Waals surface area contributed by atoms with Crippen LogP contribution in [0.5, 0.6) is 0 Å². The van der Waals surface area contributed by atoms with E-state index in [1.807, 2.05) is 0 Å². The van der Waals surface area contributed by atoms with Crippen molar-refractivity contribution in [3.05, 3.63) is 69.7 Å². The van der Waals surface area contributed by atoms with Gasteiger partial charge in [0.1, 0.15) is 10.7 Å². The summed E-state index contributed by atoms with van der Waals surface area (Å²) in [5.41, 5.74) is -0.163. The molecule has 0 radical (unpaired) electrons. The second-order valence-electron chi connectivity index (χ2n) is 5.64. The van der Waals surface area contributed by atoms with E-state index in [0.29, 0.717) is 5.56 Å². The van der Waals surface area contributed by atoms with Crippen LogP contribution in [-0.4, -0.2) is 16.2 Å². The molecule has 0 aliphatic rings. The zero-order valence-electron chi connectivity index (χ0n) is 14.2. The van der Waals surface area contributed by atoms with Gasteiger partial charge >= 0.3 is 6.18 Å². The van der Waals surface area contributed by atoms with E-state index in [4.69, 9.17) is 39.9 Å². The zero-order chi connectivity index (χ0) is 21.2. The molecular formula is C18H10Cl2F3N3O2S. The zero-order valence-corrected chi connectivity index (χ0v) is 16.5. The monoisotopic (exact) mass is 459 g/mol. The summed E-state index contributed by atoms with van der Waals surface area (Å²) in [6.45, 7) is 0. The number of aromatic nitrogens is 1. The molecule has 0 saturated heterocycles. The molecule has 11 heteroatoms. The second-order valence-corrected chi connectivity index (χ2v) is 6.83. The van der Waals surface area contributed by atoms with Crippen LogP contribution in [-0.2, 0) is 6.18 Å². The van der Waals surface area contributed by atoms with Gasteiger partial charge in [0.15, 0.2) is 5.11 Å². The van der Waals surface area contributed by atoms with Crippen LogP contribution < -0.4 is 10.6 Å². The standard InChI is InChI=1S/C18H10Cl2F3N3O2S/c19-12-4-2-1-3-11(12)15(27)24-17(29)25-16-13(20)14(26-28-16)9-5-7-10(8-6-9)18(21,22)23/h1-8H,(H2,24,25,27,29). The molecule has 1 amide bonds. The highest BCUT2D eigenvalue weighted by Gasteiger charge is 2.30. The number of thiocarbonyl (C=S) groups is 1. The third-order valence-corrected chi connectivity index (χ3v) is 4.58. The number of anilines is 1. The van der Waals surface area contributed by atoms with Gasteiger partial charge in [0.05, 0.1) is 16.1 Å². The number of hydrogen-bond donors (Lipinski definition) is 2. The van der Waals surface area contributed by atoms with Crippen LogP contribution in [0.25, 0.3) is 11.3 Å². The normalized spacial score (nSPS) is 11.2.